The van der Waals surface area contributed by atoms with Gasteiger partial charge in [-0.3, -0.25) is 9.88 Å². The van der Waals surface area contributed by atoms with E-state index >= 15 is 0 Å². The molecule has 4 rings (SSSR count). The van der Waals surface area contributed by atoms with Crippen molar-refractivity contribution in [3.63, 3.8) is 0 Å². The number of pyridine rings is 1. The Labute approximate surface area is 140 Å². The first-order valence-electron chi connectivity index (χ1n) is 7.99. The molecule has 2 aliphatic heterocycles. The first-order valence-corrected chi connectivity index (χ1v) is 8.87. The number of nitrogens with zero attached hydrogens (tertiary/aromatic N) is 5. The summed E-state index contributed by atoms with van der Waals surface area (Å²) in [7, 11) is 2.17. The molecule has 4 heterocycles. The standard InChI is InChI=1S/C16H21N5OS/c1-20(9-13-4-2-3-6-17-13)14-8-16(22-10-14)5-7-21(11-16)15-19-18-12-23-15/h2-4,6,12,14H,5,7-11H2,1H3/t14-,16+/m1/s1. The number of hydrogen-bond donors (Lipinski definition) is 0. The molecule has 2 aromatic heterocycles. The van der Waals surface area contributed by atoms with Crippen LogP contribution in [0.1, 0.15) is 18.5 Å². The molecule has 6 nitrogen and oxygen atoms in total. The van der Waals surface area contributed by atoms with Gasteiger partial charge >= 0.3 is 0 Å². The Balaban J connectivity index is 1.37. The molecule has 122 valence electrons. The second-order valence-corrected chi connectivity index (χ2v) is 7.29. The third-order valence-corrected chi connectivity index (χ3v) is 5.64. The molecule has 1 spiro atoms. The minimum atomic E-state index is -0.0191. The van der Waals surface area contributed by atoms with Crippen LogP contribution in [0.4, 0.5) is 5.13 Å². The van der Waals surface area contributed by atoms with Gasteiger partial charge in [-0.2, -0.15) is 0 Å². The fourth-order valence-electron chi connectivity index (χ4n) is 3.58. The molecule has 0 amide bonds. The van der Waals surface area contributed by atoms with Gasteiger partial charge in [-0.05, 0) is 32.0 Å². The van der Waals surface area contributed by atoms with E-state index in [-0.39, 0.29) is 5.60 Å². The zero-order valence-electron chi connectivity index (χ0n) is 13.3. The van der Waals surface area contributed by atoms with Crippen molar-refractivity contribution in [2.24, 2.45) is 0 Å². The molecule has 2 saturated heterocycles. The van der Waals surface area contributed by atoms with Crippen LogP contribution in [-0.2, 0) is 11.3 Å². The maximum atomic E-state index is 6.25. The Kier molecular flexibility index (Phi) is 4.00. The average molecular weight is 331 g/mol. The van der Waals surface area contributed by atoms with Crippen molar-refractivity contribution in [1.29, 1.82) is 0 Å². The maximum Gasteiger partial charge on any atom is 0.208 e. The van der Waals surface area contributed by atoms with Gasteiger partial charge in [0.2, 0.25) is 5.13 Å². The van der Waals surface area contributed by atoms with Crippen molar-refractivity contribution in [3.8, 4) is 0 Å². The summed E-state index contributed by atoms with van der Waals surface area (Å²) in [5.74, 6) is 0. The first-order chi connectivity index (χ1) is 11.2. The van der Waals surface area contributed by atoms with E-state index in [9.17, 15) is 0 Å². The molecule has 2 aromatic rings. The van der Waals surface area contributed by atoms with Crippen LogP contribution in [0.5, 0.6) is 0 Å². The van der Waals surface area contributed by atoms with Crippen molar-refractivity contribution >= 4 is 16.5 Å². The van der Waals surface area contributed by atoms with Crippen LogP contribution in [0.15, 0.2) is 29.9 Å². The second kappa shape index (κ2) is 6.14. The molecular formula is C16H21N5OS. The van der Waals surface area contributed by atoms with Gasteiger partial charge in [0, 0.05) is 31.9 Å². The molecule has 7 heteroatoms. The summed E-state index contributed by atoms with van der Waals surface area (Å²) in [5, 5.41) is 9.14. The van der Waals surface area contributed by atoms with E-state index in [4.69, 9.17) is 4.74 Å². The fourth-order valence-corrected chi connectivity index (χ4v) is 4.16. The topological polar surface area (TPSA) is 54.4 Å². The van der Waals surface area contributed by atoms with Crippen LogP contribution in [0.25, 0.3) is 0 Å². The van der Waals surface area contributed by atoms with E-state index < -0.39 is 0 Å². The van der Waals surface area contributed by atoms with E-state index in [1.54, 1.807) is 16.8 Å². The van der Waals surface area contributed by atoms with Gasteiger partial charge in [0.25, 0.3) is 0 Å². The number of anilines is 1. The molecule has 2 atom stereocenters. The Bertz CT molecular complexity index is 637. The predicted molar refractivity (Wildman–Crippen MR) is 89.5 cm³/mol. The minimum absolute atomic E-state index is 0.0191. The molecule has 0 radical (unpaired) electrons. The van der Waals surface area contributed by atoms with E-state index in [1.165, 1.54) is 0 Å². The Morgan fingerprint density at radius 2 is 2.43 bits per heavy atom. The SMILES string of the molecule is CN(Cc1ccccn1)[C@H]1CO[C@@]2(CCN(c3nncs3)C2)C1. The third kappa shape index (κ3) is 3.08. The molecule has 0 aliphatic carbocycles. The quantitative estimate of drug-likeness (QED) is 0.852. The first kappa shape index (κ1) is 15.0. The summed E-state index contributed by atoms with van der Waals surface area (Å²) in [5.41, 5.74) is 2.88. The molecule has 2 fully saturated rings. The number of likely N-dealkylation sites (N-methyl/N-ethyl adjacent to an activating group) is 1. The molecule has 0 saturated carbocycles. The van der Waals surface area contributed by atoms with Crippen LogP contribution >= 0.6 is 11.3 Å². The van der Waals surface area contributed by atoms with Gasteiger partial charge in [-0.1, -0.05) is 17.4 Å². The van der Waals surface area contributed by atoms with E-state index in [0.717, 1.165) is 49.9 Å². The summed E-state index contributed by atoms with van der Waals surface area (Å²) in [6.45, 7) is 3.60. The smallest absolute Gasteiger partial charge is 0.208 e. The van der Waals surface area contributed by atoms with Gasteiger partial charge in [-0.25, -0.2) is 0 Å². The highest BCUT2D eigenvalue weighted by molar-refractivity contribution is 7.13. The normalized spacial score (nSPS) is 27.4. The van der Waals surface area contributed by atoms with Crippen molar-refractivity contribution < 1.29 is 4.74 Å². The Morgan fingerprint density at radius 3 is 3.22 bits per heavy atom. The monoisotopic (exact) mass is 331 g/mol. The summed E-state index contributed by atoms with van der Waals surface area (Å²) in [6, 6.07) is 6.53. The van der Waals surface area contributed by atoms with Crippen LogP contribution in [0, 0.1) is 0 Å². The molecule has 2 aliphatic rings. The van der Waals surface area contributed by atoms with Crippen LogP contribution in [0.2, 0.25) is 0 Å². The van der Waals surface area contributed by atoms with E-state index in [2.05, 4.69) is 38.1 Å². The highest BCUT2D eigenvalue weighted by Gasteiger charge is 2.47. The van der Waals surface area contributed by atoms with Gasteiger partial charge < -0.3 is 9.64 Å². The van der Waals surface area contributed by atoms with Crippen molar-refractivity contribution in [2.45, 2.75) is 31.0 Å². The van der Waals surface area contributed by atoms with Gasteiger partial charge in [0.1, 0.15) is 5.51 Å². The average Bonchev–Trinajstić information content (AvgIpc) is 3.30. The molecule has 0 aromatic carbocycles. The maximum absolute atomic E-state index is 6.25. The lowest BCUT2D eigenvalue weighted by molar-refractivity contribution is 0.0206. The number of ether oxygens (including phenoxy) is 1. The molecule has 23 heavy (non-hydrogen) atoms. The van der Waals surface area contributed by atoms with E-state index in [0.29, 0.717) is 6.04 Å². The zero-order chi connectivity index (χ0) is 15.7. The lowest BCUT2D eigenvalue weighted by Crippen LogP contribution is -2.36. The highest BCUT2D eigenvalue weighted by atomic mass is 32.1. The van der Waals surface area contributed by atoms with Crippen LogP contribution < -0.4 is 4.90 Å². The number of rotatable bonds is 4. The summed E-state index contributed by atoms with van der Waals surface area (Å²) in [6.07, 6.45) is 4.00. The summed E-state index contributed by atoms with van der Waals surface area (Å²) >= 11 is 1.60. The third-order valence-electron chi connectivity index (χ3n) is 4.89. The largest absolute Gasteiger partial charge is 0.371 e. The summed E-state index contributed by atoms with van der Waals surface area (Å²) in [4.78, 5) is 9.09. The van der Waals surface area contributed by atoms with Crippen LogP contribution in [-0.4, -0.2) is 58.5 Å². The van der Waals surface area contributed by atoms with Crippen LogP contribution in [0.3, 0.4) is 0 Å². The number of aromatic nitrogens is 3. The molecule has 0 N–H and O–H groups in total. The lowest BCUT2D eigenvalue weighted by atomic mass is 9.96. The zero-order valence-corrected chi connectivity index (χ0v) is 14.1. The molecule has 0 unspecified atom stereocenters. The second-order valence-electron chi connectivity index (χ2n) is 6.48. The number of hydrogen-bond acceptors (Lipinski definition) is 7. The van der Waals surface area contributed by atoms with Crippen molar-refractivity contribution in [1.82, 2.24) is 20.1 Å². The van der Waals surface area contributed by atoms with Gasteiger partial charge in [-0.15, -0.1) is 10.2 Å². The van der Waals surface area contributed by atoms with Gasteiger partial charge in [0.15, 0.2) is 0 Å². The summed E-state index contributed by atoms with van der Waals surface area (Å²) < 4.78 is 6.25. The minimum Gasteiger partial charge on any atom is -0.371 e. The highest BCUT2D eigenvalue weighted by Crippen LogP contribution is 2.38. The lowest BCUT2D eigenvalue weighted by Gasteiger charge is -2.25. The van der Waals surface area contributed by atoms with Crippen molar-refractivity contribution in [2.75, 3.05) is 31.6 Å². The van der Waals surface area contributed by atoms with E-state index in [1.807, 2.05) is 18.3 Å². The Morgan fingerprint density at radius 1 is 1.48 bits per heavy atom. The Hall–Kier alpha value is -1.57. The fraction of sp³-hybridized carbons (Fsp3) is 0.562. The molecular weight excluding hydrogens is 310 g/mol. The predicted octanol–water partition coefficient (Wildman–Crippen LogP) is 1.80. The van der Waals surface area contributed by atoms with Crippen molar-refractivity contribution in [3.05, 3.63) is 35.6 Å². The molecule has 0 bridgehead atoms. The van der Waals surface area contributed by atoms with Gasteiger partial charge in [0.05, 0.1) is 17.9 Å².